The zero-order valence-corrected chi connectivity index (χ0v) is 16.7. The highest BCUT2D eigenvalue weighted by molar-refractivity contribution is 7.98. The standard InChI is InChI=1S/C19H18ClFN2OS2/c1-2-9-23-18(24)16-11-5-3-8-15(11)26-17(16)22-19(23)25-10-12-13(20)6-4-7-14(12)21/h4,6-7H,2-3,5,8-10H2,1H3. The first-order valence-corrected chi connectivity index (χ1v) is 10.9. The highest BCUT2D eigenvalue weighted by Crippen LogP contribution is 2.36. The Bertz CT molecular complexity index is 1020. The Morgan fingerprint density at radius 2 is 2.23 bits per heavy atom. The highest BCUT2D eigenvalue weighted by atomic mass is 35.5. The molecule has 3 aromatic rings. The highest BCUT2D eigenvalue weighted by Gasteiger charge is 2.23. The van der Waals surface area contributed by atoms with Crippen molar-refractivity contribution in [1.29, 1.82) is 0 Å². The van der Waals surface area contributed by atoms with Crippen molar-refractivity contribution in [2.24, 2.45) is 0 Å². The Hall–Kier alpha value is -1.37. The van der Waals surface area contributed by atoms with Crippen molar-refractivity contribution in [3.8, 4) is 0 Å². The Balaban J connectivity index is 1.77. The molecule has 1 aliphatic rings. The zero-order chi connectivity index (χ0) is 18.3. The van der Waals surface area contributed by atoms with Crippen molar-refractivity contribution in [3.63, 3.8) is 0 Å². The van der Waals surface area contributed by atoms with Crippen molar-refractivity contribution >= 4 is 44.9 Å². The molecule has 2 aromatic heterocycles. The number of aromatic nitrogens is 2. The van der Waals surface area contributed by atoms with E-state index in [-0.39, 0.29) is 11.4 Å². The van der Waals surface area contributed by atoms with Gasteiger partial charge in [-0.25, -0.2) is 9.37 Å². The average Bonchev–Trinajstić information content (AvgIpc) is 3.18. The van der Waals surface area contributed by atoms with Gasteiger partial charge in [-0.15, -0.1) is 11.3 Å². The fourth-order valence-corrected chi connectivity index (χ4v) is 6.07. The Kier molecular flexibility index (Phi) is 5.08. The van der Waals surface area contributed by atoms with Crippen LogP contribution in [0.1, 0.15) is 35.8 Å². The third kappa shape index (κ3) is 3.08. The summed E-state index contributed by atoms with van der Waals surface area (Å²) in [4.78, 5) is 20.0. The molecule has 0 radical (unpaired) electrons. The van der Waals surface area contributed by atoms with Gasteiger partial charge in [-0.05, 0) is 43.4 Å². The molecule has 1 aromatic carbocycles. The molecule has 0 unspecified atom stereocenters. The summed E-state index contributed by atoms with van der Waals surface area (Å²) >= 11 is 9.14. The molecule has 4 rings (SSSR count). The minimum atomic E-state index is -0.328. The summed E-state index contributed by atoms with van der Waals surface area (Å²) in [6.45, 7) is 2.65. The summed E-state index contributed by atoms with van der Waals surface area (Å²) in [6, 6.07) is 4.68. The van der Waals surface area contributed by atoms with Gasteiger partial charge in [0.2, 0.25) is 0 Å². The number of rotatable bonds is 5. The van der Waals surface area contributed by atoms with Crippen LogP contribution in [0.2, 0.25) is 5.02 Å². The number of hydrogen-bond donors (Lipinski definition) is 0. The SMILES string of the molecule is CCCn1c(SCc2c(F)cccc2Cl)nc2sc3c(c2c1=O)CCC3. The summed E-state index contributed by atoms with van der Waals surface area (Å²) in [5.74, 6) is 0.0173. The van der Waals surface area contributed by atoms with Gasteiger partial charge >= 0.3 is 0 Å². The molecule has 26 heavy (non-hydrogen) atoms. The first-order valence-electron chi connectivity index (χ1n) is 8.71. The molecule has 0 N–H and O–H groups in total. The number of benzene rings is 1. The van der Waals surface area contributed by atoms with Gasteiger partial charge in [-0.1, -0.05) is 36.4 Å². The molecule has 0 spiro atoms. The van der Waals surface area contributed by atoms with Gasteiger partial charge in [0.05, 0.1) is 5.39 Å². The maximum Gasteiger partial charge on any atom is 0.263 e. The lowest BCUT2D eigenvalue weighted by atomic mass is 10.2. The predicted molar refractivity (Wildman–Crippen MR) is 107 cm³/mol. The molecule has 0 amide bonds. The molecule has 0 aliphatic heterocycles. The van der Waals surface area contributed by atoms with E-state index < -0.39 is 0 Å². The fourth-order valence-electron chi connectivity index (χ4n) is 3.40. The Labute approximate surface area is 164 Å². The van der Waals surface area contributed by atoms with Gasteiger partial charge in [0.25, 0.3) is 5.56 Å². The summed E-state index contributed by atoms with van der Waals surface area (Å²) < 4.78 is 15.8. The number of nitrogens with zero attached hydrogens (tertiary/aromatic N) is 2. The lowest BCUT2D eigenvalue weighted by Crippen LogP contribution is -2.23. The van der Waals surface area contributed by atoms with Crippen LogP contribution < -0.4 is 5.56 Å². The van der Waals surface area contributed by atoms with E-state index in [4.69, 9.17) is 16.6 Å². The topological polar surface area (TPSA) is 34.9 Å². The molecule has 0 saturated carbocycles. The normalized spacial score (nSPS) is 13.5. The molecule has 0 bridgehead atoms. The summed E-state index contributed by atoms with van der Waals surface area (Å²) in [5.41, 5.74) is 1.68. The van der Waals surface area contributed by atoms with Crippen LogP contribution in [-0.4, -0.2) is 9.55 Å². The summed E-state index contributed by atoms with van der Waals surface area (Å²) in [6.07, 6.45) is 3.96. The summed E-state index contributed by atoms with van der Waals surface area (Å²) in [5, 5.41) is 1.84. The van der Waals surface area contributed by atoms with Crippen LogP contribution in [0.15, 0.2) is 28.2 Å². The van der Waals surface area contributed by atoms with Crippen LogP contribution in [0.3, 0.4) is 0 Å². The minimum Gasteiger partial charge on any atom is -0.287 e. The molecule has 7 heteroatoms. The van der Waals surface area contributed by atoms with Crippen LogP contribution in [0.25, 0.3) is 10.2 Å². The predicted octanol–water partition coefficient (Wildman–Crippen LogP) is 5.44. The number of halogens is 2. The van der Waals surface area contributed by atoms with E-state index in [0.29, 0.717) is 28.0 Å². The van der Waals surface area contributed by atoms with Crippen molar-refractivity contribution in [2.75, 3.05) is 0 Å². The molecule has 0 fully saturated rings. The number of thiophene rings is 1. The number of fused-ring (bicyclic) bond motifs is 3. The van der Waals surface area contributed by atoms with E-state index in [1.54, 1.807) is 28.0 Å². The maximum atomic E-state index is 14.1. The van der Waals surface area contributed by atoms with Gasteiger partial charge in [-0.2, -0.15) is 0 Å². The molecular weight excluding hydrogens is 391 g/mol. The Morgan fingerprint density at radius 1 is 1.38 bits per heavy atom. The van der Waals surface area contributed by atoms with Crippen molar-refractivity contribution < 1.29 is 4.39 Å². The van der Waals surface area contributed by atoms with E-state index in [2.05, 4.69) is 0 Å². The molecule has 0 atom stereocenters. The second kappa shape index (κ2) is 7.33. The van der Waals surface area contributed by atoms with Crippen molar-refractivity contribution in [2.45, 2.75) is 50.1 Å². The minimum absolute atomic E-state index is 0.0402. The third-order valence-corrected chi connectivity index (χ3v) is 7.19. The number of hydrogen-bond acceptors (Lipinski definition) is 4. The van der Waals surface area contributed by atoms with Crippen LogP contribution in [-0.2, 0) is 25.1 Å². The van der Waals surface area contributed by atoms with E-state index in [0.717, 1.165) is 35.9 Å². The van der Waals surface area contributed by atoms with Crippen LogP contribution in [0.5, 0.6) is 0 Å². The second-order valence-electron chi connectivity index (χ2n) is 6.38. The smallest absolute Gasteiger partial charge is 0.263 e. The van der Waals surface area contributed by atoms with Crippen LogP contribution in [0.4, 0.5) is 4.39 Å². The zero-order valence-electron chi connectivity index (χ0n) is 14.3. The van der Waals surface area contributed by atoms with E-state index >= 15 is 0 Å². The first-order chi connectivity index (χ1) is 12.6. The monoisotopic (exact) mass is 408 g/mol. The van der Waals surface area contributed by atoms with Gasteiger partial charge in [0.15, 0.2) is 5.16 Å². The molecule has 3 nitrogen and oxygen atoms in total. The maximum absolute atomic E-state index is 14.1. The van der Waals surface area contributed by atoms with Gasteiger partial charge in [0, 0.05) is 27.8 Å². The lowest BCUT2D eigenvalue weighted by Gasteiger charge is -2.12. The van der Waals surface area contributed by atoms with Crippen LogP contribution in [0, 0.1) is 5.82 Å². The lowest BCUT2D eigenvalue weighted by molar-refractivity contribution is 0.584. The second-order valence-corrected chi connectivity index (χ2v) is 8.81. The quantitative estimate of drug-likeness (QED) is 0.416. The largest absolute Gasteiger partial charge is 0.287 e. The summed E-state index contributed by atoms with van der Waals surface area (Å²) in [7, 11) is 0. The van der Waals surface area contributed by atoms with Gasteiger partial charge < -0.3 is 0 Å². The Morgan fingerprint density at radius 3 is 3.00 bits per heavy atom. The number of aryl methyl sites for hydroxylation is 2. The third-order valence-electron chi connectivity index (χ3n) is 4.64. The van der Waals surface area contributed by atoms with Gasteiger partial charge in [0.1, 0.15) is 10.6 Å². The van der Waals surface area contributed by atoms with E-state index in [1.807, 2.05) is 6.92 Å². The van der Waals surface area contributed by atoms with Gasteiger partial charge in [-0.3, -0.25) is 9.36 Å². The van der Waals surface area contributed by atoms with Crippen molar-refractivity contribution in [1.82, 2.24) is 9.55 Å². The molecule has 0 saturated heterocycles. The number of thioether (sulfide) groups is 1. The average molecular weight is 409 g/mol. The van der Waals surface area contributed by atoms with Crippen molar-refractivity contribution in [3.05, 3.63) is 55.4 Å². The van der Waals surface area contributed by atoms with Crippen LogP contribution >= 0.6 is 34.7 Å². The van der Waals surface area contributed by atoms with E-state index in [1.165, 1.54) is 28.3 Å². The molecule has 1 aliphatic carbocycles. The first kappa shape index (κ1) is 18.0. The van der Waals surface area contributed by atoms with E-state index in [9.17, 15) is 9.18 Å². The molecule has 2 heterocycles. The molecular formula is C19H18ClFN2OS2. The molecule has 136 valence electrons. The fraction of sp³-hybridized carbons (Fsp3) is 0.368.